The summed E-state index contributed by atoms with van der Waals surface area (Å²) in [6.07, 6.45) is 7.90. The van der Waals surface area contributed by atoms with Crippen molar-refractivity contribution >= 4 is 11.9 Å². The van der Waals surface area contributed by atoms with Gasteiger partial charge in [-0.2, -0.15) is 0 Å². The van der Waals surface area contributed by atoms with Crippen LogP contribution in [-0.2, 0) is 14.3 Å². The average Bonchev–Trinajstić information content (AvgIpc) is 2.72. The van der Waals surface area contributed by atoms with E-state index in [1.54, 1.807) is 0 Å². The zero-order valence-electron chi connectivity index (χ0n) is 15.4. The molecule has 128 valence electrons. The lowest BCUT2D eigenvalue weighted by molar-refractivity contribution is -0.153. The van der Waals surface area contributed by atoms with E-state index >= 15 is 0 Å². The number of esters is 2. The van der Waals surface area contributed by atoms with Crippen LogP contribution in [0.1, 0.15) is 67.2 Å². The fraction of sp³-hybridized carbons (Fsp3) is 0.700. The normalized spacial score (nSPS) is 26.0. The first kappa shape index (κ1) is 18.0. The van der Waals surface area contributed by atoms with Crippen LogP contribution in [-0.4, -0.2) is 11.9 Å². The highest BCUT2D eigenvalue weighted by atomic mass is 16.6. The molecule has 0 aromatic heterocycles. The van der Waals surface area contributed by atoms with Crippen LogP contribution >= 0.6 is 0 Å². The van der Waals surface area contributed by atoms with E-state index < -0.39 is 0 Å². The van der Waals surface area contributed by atoms with Crippen LogP contribution in [0.2, 0.25) is 0 Å². The first-order valence-electron chi connectivity index (χ1n) is 8.64. The quantitative estimate of drug-likeness (QED) is 0.424. The fourth-order valence-electron chi connectivity index (χ4n) is 3.32. The number of fused-ring (bicyclic) bond motifs is 1. The summed E-state index contributed by atoms with van der Waals surface area (Å²) in [6.45, 7) is 13.4. The van der Waals surface area contributed by atoms with E-state index in [2.05, 4.69) is 53.7 Å². The van der Waals surface area contributed by atoms with Gasteiger partial charge in [-0.05, 0) is 43.4 Å². The lowest BCUT2D eigenvalue weighted by Gasteiger charge is -2.33. The molecule has 0 spiro atoms. The predicted molar refractivity (Wildman–Crippen MR) is 91.6 cm³/mol. The molecule has 0 aromatic rings. The molecule has 2 atom stereocenters. The van der Waals surface area contributed by atoms with Crippen LogP contribution in [0, 0.1) is 22.7 Å². The van der Waals surface area contributed by atoms with Gasteiger partial charge < -0.3 is 4.74 Å². The highest BCUT2D eigenvalue weighted by Crippen LogP contribution is 2.44. The smallest absolute Gasteiger partial charge is 0.317 e. The SMILES string of the molecule is C/C(=C\CCC(C)(C)C1=CCC2C(=O)OC(=O)C2C1)C(C)(C)C. The maximum atomic E-state index is 11.8. The number of hydrogen-bond acceptors (Lipinski definition) is 3. The molecule has 1 heterocycles. The predicted octanol–water partition coefficient (Wildman–Crippen LogP) is 4.82. The van der Waals surface area contributed by atoms with Crippen LogP contribution in [0.4, 0.5) is 0 Å². The molecule has 2 rings (SSSR count). The molecule has 0 radical (unpaired) electrons. The molecule has 1 fully saturated rings. The fourth-order valence-corrected chi connectivity index (χ4v) is 3.32. The minimum Gasteiger partial charge on any atom is -0.393 e. The van der Waals surface area contributed by atoms with E-state index in [9.17, 15) is 9.59 Å². The second-order valence-corrected chi connectivity index (χ2v) is 8.68. The van der Waals surface area contributed by atoms with Crippen molar-refractivity contribution in [1.29, 1.82) is 0 Å². The Kier molecular flexibility index (Phi) is 4.89. The van der Waals surface area contributed by atoms with Gasteiger partial charge in [-0.15, -0.1) is 0 Å². The average molecular weight is 318 g/mol. The standard InChI is InChI=1S/C20H30O3/c1-13(19(2,3)4)8-7-11-20(5,6)14-9-10-15-16(12-14)18(22)23-17(15)21/h8-9,15-16H,7,10-12H2,1-6H3/b13-8+. The Morgan fingerprint density at radius 3 is 2.39 bits per heavy atom. The van der Waals surface area contributed by atoms with Gasteiger partial charge in [0, 0.05) is 0 Å². The highest BCUT2D eigenvalue weighted by Gasteiger charge is 2.47. The van der Waals surface area contributed by atoms with Crippen molar-refractivity contribution in [3.63, 3.8) is 0 Å². The minimum absolute atomic E-state index is 0.0472. The Bertz CT molecular complexity index is 558. The molecule has 3 heteroatoms. The van der Waals surface area contributed by atoms with Crippen molar-refractivity contribution in [2.24, 2.45) is 22.7 Å². The van der Waals surface area contributed by atoms with Gasteiger partial charge in [0.2, 0.25) is 0 Å². The van der Waals surface area contributed by atoms with E-state index in [1.807, 2.05) is 0 Å². The van der Waals surface area contributed by atoms with E-state index in [0.29, 0.717) is 12.8 Å². The van der Waals surface area contributed by atoms with Crippen LogP contribution in [0.25, 0.3) is 0 Å². The maximum absolute atomic E-state index is 11.8. The third kappa shape index (κ3) is 3.94. The summed E-state index contributed by atoms with van der Waals surface area (Å²) in [6, 6.07) is 0. The monoisotopic (exact) mass is 318 g/mol. The Labute approximate surface area is 140 Å². The summed E-state index contributed by atoms with van der Waals surface area (Å²) in [4.78, 5) is 23.5. The number of ether oxygens (including phenoxy) is 1. The van der Waals surface area contributed by atoms with Crippen molar-refractivity contribution in [3.05, 3.63) is 23.3 Å². The van der Waals surface area contributed by atoms with Crippen LogP contribution in [0.5, 0.6) is 0 Å². The molecule has 0 bridgehead atoms. The van der Waals surface area contributed by atoms with Gasteiger partial charge in [0.25, 0.3) is 0 Å². The molecule has 23 heavy (non-hydrogen) atoms. The van der Waals surface area contributed by atoms with Crippen molar-refractivity contribution in [2.45, 2.75) is 67.2 Å². The molecule has 1 aliphatic heterocycles. The van der Waals surface area contributed by atoms with Crippen LogP contribution in [0.15, 0.2) is 23.3 Å². The second-order valence-electron chi connectivity index (χ2n) is 8.68. The van der Waals surface area contributed by atoms with Crippen LogP contribution in [0.3, 0.4) is 0 Å². The summed E-state index contributed by atoms with van der Waals surface area (Å²) in [7, 11) is 0. The van der Waals surface area contributed by atoms with E-state index in [1.165, 1.54) is 11.1 Å². The molecular formula is C20H30O3. The number of carbonyl (C=O) groups excluding carboxylic acids is 2. The van der Waals surface area contributed by atoms with Gasteiger partial charge >= 0.3 is 11.9 Å². The van der Waals surface area contributed by atoms with Gasteiger partial charge in [-0.25, -0.2) is 0 Å². The van der Waals surface area contributed by atoms with Gasteiger partial charge in [0.05, 0.1) is 11.8 Å². The van der Waals surface area contributed by atoms with E-state index in [-0.39, 0.29) is 34.6 Å². The topological polar surface area (TPSA) is 43.4 Å². The lowest BCUT2D eigenvalue weighted by atomic mass is 9.70. The third-order valence-corrected chi connectivity index (χ3v) is 5.62. The minimum atomic E-state index is -0.336. The molecule has 3 nitrogen and oxygen atoms in total. The Balaban J connectivity index is 2.02. The van der Waals surface area contributed by atoms with Crippen LogP contribution < -0.4 is 0 Å². The molecule has 0 amide bonds. The maximum Gasteiger partial charge on any atom is 0.317 e. The first-order chi connectivity index (χ1) is 10.5. The zero-order chi connectivity index (χ0) is 17.4. The largest absolute Gasteiger partial charge is 0.393 e. The number of rotatable bonds is 4. The summed E-state index contributed by atoms with van der Waals surface area (Å²) >= 11 is 0. The molecule has 1 aliphatic carbocycles. The van der Waals surface area contributed by atoms with E-state index in [0.717, 1.165) is 12.8 Å². The summed E-state index contributed by atoms with van der Waals surface area (Å²) in [5.74, 6) is -1.17. The van der Waals surface area contributed by atoms with Crippen molar-refractivity contribution in [2.75, 3.05) is 0 Å². The molecule has 2 unspecified atom stereocenters. The van der Waals surface area contributed by atoms with E-state index in [4.69, 9.17) is 4.74 Å². The Hall–Kier alpha value is -1.38. The Morgan fingerprint density at radius 1 is 1.17 bits per heavy atom. The summed E-state index contributed by atoms with van der Waals surface area (Å²) in [5.41, 5.74) is 2.98. The second kappa shape index (κ2) is 6.26. The number of allylic oxidation sites excluding steroid dienone is 4. The third-order valence-electron chi connectivity index (χ3n) is 5.62. The molecule has 0 N–H and O–H groups in total. The number of carbonyl (C=O) groups is 2. The molecule has 0 aromatic carbocycles. The van der Waals surface area contributed by atoms with Gasteiger partial charge in [-0.3, -0.25) is 9.59 Å². The number of cyclic esters (lactones) is 2. The molecular weight excluding hydrogens is 288 g/mol. The first-order valence-corrected chi connectivity index (χ1v) is 8.64. The van der Waals surface area contributed by atoms with Crippen molar-refractivity contribution in [1.82, 2.24) is 0 Å². The lowest BCUT2D eigenvalue weighted by Crippen LogP contribution is -2.27. The zero-order valence-corrected chi connectivity index (χ0v) is 15.4. The molecule has 1 saturated heterocycles. The van der Waals surface area contributed by atoms with Gasteiger partial charge in [0.15, 0.2) is 0 Å². The van der Waals surface area contributed by atoms with Crippen molar-refractivity contribution in [3.8, 4) is 0 Å². The number of hydrogen-bond donors (Lipinski definition) is 0. The molecule has 2 aliphatic rings. The van der Waals surface area contributed by atoms with Gasteiger partial charge in [-0.1, -0.05) is 57.9 Å². The van der Waals surface area contributed by atoms with Crippen molar-refractivity contribution < 1.29 is 14.3 Å². The van der Waals surface area contributed by atoms with Gasteiger partial charge in [0.1, 0.15) is 0 Å². The molecule has 0 saturated carbocycles. The summed E-state index contributed by atoms with van der Waals surface area (Å²) < 4.78 is 4.80. The highest BCUT2D eigenvalue weighted by molar-refractivity contribution is 5.97. The Morgan fingerprint density at radius 2 is 1.78 bits per heavy atom. The summed E-state index contributed by atoms with van der Waals surface area (Å²) in [5, 5.41) is 0.